The summed E-state index contributed by atoms with van der Waals surface area (Å²) in [5.41, 5.74) is 0. The van der Waals surface area contributed by atoms with Crippen LogP contribution >= 0.6 is 0 Å². The summed E-state index contributed by atoms with van der Waals surface area (Å²) in [4.78, 5) is 0. The fourth-order valence-corrected chi connectivity index (χ4v) is 1.47. The van der Waals surface area contributed by atoms with E-state index in [1.54, 1.807) is 0 Å². The molecule has 47 valence electrons. The summed E-state index contributed by atoms with van der Waals surface area (Å²) >= 11 is 0. The molecule has 0 aromatic heterocycles. The molecular formula is C8H15. The van der Waals surface area contributed by atoms with Crippen LogP contribution in [0.1, 0.15) is 26.7 Å². The van der Waals surface area contributed by atoms with Crippen LogP contribution in [0.3, 0.4) is 0 Å². The Morgan fingerprint density at radius 3 is 2.00 bits per heavy atom. The van der Waals surface area contributed by atoms with Gasteiger partial charge in [0, 0.05) is 0 Å². The average molecular weight is 111 g/mol. The van der Waals surface area contributed by atoms with E-state index in [1.807, 2.05) is 0 Å². The third-order valence-electron chi connectivity index (χ3n) is 2.63. The summed E-state index contributed by atoms with van der Waals surface area (Å²) in [6.45, 7) is 8.71. The number of hydrogen-bond donors (Lipinski definition) is 0. The van der Waals surface area contributed by atoms with Crippen LogP contribution in [0.2, 0.25) is 0 Å². The first-order valence-corrected chi connectivity index (χ1v) is 3.55. The highest BCUT2D eigenvalue weighted by Crippen LogP contribution is 2.35. The standard InChI is InChI=1S/C8H15/c1-6-4-5-7(2)8(6)3/h6-8H,1,4-5H2,2-3H3. The molecule has 1 radical (unpaired) electrons. The Morgan fingerprint density at radius 1 is 1.25 bits per heavy atom. The first kappa shape index (κ1) is 6.12. The predicted octanol–water partition coefficient (Wildman–Crippen LogP) is 2.50. The van der Waals surface area contributed by atoms with E-state index in [0.717, 1.165) is 17.8 Å². The highest BCUT2D eigenvalue weighted by Gasteiger charge is 2.25. The van der Waals surface area contributed by atoms with Gasteiger partial charge in [0.1, 0.15) is 0 Å². The van der Waals surface area contributed by atoms with Crippen molar-refractivity contribution in [3.63, 3.8) is 0 Å². The van der Waals surface area contributed by atoms with Crippen molar-refractivity contribution in [3.8, 4) is 0 Å². The molecule has 0 bridgehead atoms. The maximum atomic E-state index is 4.07. The van der Waals surface area contributed by atoms with E-state index in [0.29, 0.717) is 0 Å². The van der Waals surface area contributed by atoms with Crippen LogP contribution in [0.15, 0.2) is 0 Å². The third kappa shape index (κ3) is 0.888. The molecule has 0 spiro atoms. The summed E-state index contributed by atoms with van der Waals surface area (Å²) in [5, 5.41) is 0. The lowest BCUT2D eigenvalue weighted by atomic mass is 9.94. The monoisotopic (exact) mass is 111 g/mol. The molecule has 0 saturated heterocycles. The minimum atomic E-state index is 0.741. The zero-order valence-corrected chi connectivity index (χ0v) is 5.85. The Hall–Kier alpha value is 0. The Bertz CT molecular complexity index is 66.1. The second-order valence-corrected chi connectivity index (χ2v) is 3.17. The molecule has 3 atom stereocenters. The SMILES string of the molecule is [CH2]C1CCC(C)C1C. The fourth-order valence-electron chi connectivity index (χ4n) is 1.47. The van der Waals surface area contributed by atoms with Crippen LogP contribution in [-0.2, 0) is 0 Å². The Morgan fingerprint density at radius 2 is 1.88 bits per heavy atom. The lowest BCUT2D eigenvalue weighted by molar-refractivity contribution is 0.404. The fraction of sp³-hybridized carbons (Fsp3) is 0.875. The summed E-state index contributed by atoms with van der Waals surface area (Å²) in [7, 11) is 0. The molecule has 0 aromatic carbocycles. The van der Waals surface area contributed by atoms with Crippen molar-refractivity contribution >= 4 is 0 Å². The molecule has 0 heteroatoms. The molecule has 3 unspecified atom stereocenters. The van der Waals surface area contributed by atoms with Crippen molar-refractivity contribution in [1.29, 1.82) is 0 Å². The van der Waals surface area contributed by atoms with Crippen molar-refractivity contribution in [2.24, 2.45) is 17.8 Å². The van der Waals surface area contributed by atoms with E-state index in [2.05, 4.69) is 20.8 Å². The molecule has 0 heterocycles. The largest absolute Gasteiger partial charge is 0.0622 e. The van der Waals surface area contributed by atoms with Gasteiger partial charge in [-0.3, -0.25) is 0 Å². The van der Waals surface area contributed by atoms with Gasteiger partial charge in [-0.15, -0.1) is 0 Å². The molecule has 1 aliphatic carbocycles. The summed E-state index contributed by atoms with van der Waals surface area (Å²) < 4.78 is 0. The van der Waals surface area contributed by atoms with Gasteiger partial charge in [-0.05, 0) is 31.1 Å². The summed E-state index contributed by atoms with van der Waals surface area (Å²) in [6.07, 6.45) is 2.75. The van der Waals surface area contributed by atoms with Crippen LogP contribution in [0.4, 0.5) is 0 Å². The minimum Gasteiger partial charge on any atom is -0.0622 e. The van der Waals surface area contributed by atoms with Crippen LogP contribution in [-0.4, -0.2) is 0 Å². The first-order chi connectivity index (χ1) is 3.72. The predicted molar refractivity (Wildman–Crippen MR) is 36.4 cm³/mol. The van der Waals surface area contributed by atoms with Crippen molar-refractivity contribution < 1.29 is 0 Å². The molecule has 1 fully saturated rings. The van der Waals surface area contributed by atoms with Gasteiger partial charge in [0.25, 0.3) is 0 Å². The van der Waals surface area contributed by atoms with Gasteiger partial charge in [-0.2, -0.15) is 0 Å². The lowest BCUT2D eigenvalue weighted by Crippen LogP contribution is -2.04. The average Bonchev–Trinajstić information content (AvgIpc) is 1.98. The van der Waals surface area contributed by atoms with E-state index in [9.17, 15) is 0 Å². The second-order valence-electron chi connectivity index (χ2n) is 3.17. The van der Waals surface area contributed by atoms with E-state index in [-0.39, 0.29) is 0 Å². The Balaban J connectivity index is 2.44. The molecular weight excluding hydrogens is 96.1 g/mol. The van der Waals surface area contributed by atoms with E-state index >= 15 is 0 Å². The van der Waals surface area contributed by atoms with Crippen molar-refractivity contribution in [2.45, 2.75) is 26.7 Å². The molecule has 0 amide bonds. The molecule has 1 saturated carbocycles. The van der Waals surface area contributed by atoms with E-state index in [1.165, 1.54) is 12.8 Å². The zero-order valence-electron chi connectivity index (χ0n) is 5.85. The van der Waals surface area contributed by atoms with Gasteiger partial charge in [0.15, 0.2) is 0 Å². The second kappa shape index (κ2) is 2.08. The van der Waals surface area contributed by atoms with E-state index < -0.39 is 0 Å². The number of rotatable bonds is 0. The highest BCUT2D eigenvalue weighted by molar-refractivity contribution is 4.80. The highest BCUT2D eigenvalue weighted by atomic mass is 14.3. The van der Waals surface area contributed by atoms with Crippen molar-refractivity contribution in [1.82, 2.24) is 0 Å². The van der Waals surface area contributed by atoms with Gasteiger partial charge < -0.3 is 0 Å². The number of hydrogen-bond acceptors (Lipinski definition) is 0. The van der Waals surface area contributed by atoms with Crippen molar-refractivity contribution in [3.05, 3.63) is 6.92 Å². The molecule has 8 heavy (non-hydrogen) atoms. The van der Waals surface area contributed by atoms with E-state index in [4.69, 9.17) is 0 Å². The van der Waals surface area contributed by atoms with Gasteiger partial charge in [0.2, 0.25) is 0 Å². The van der Waals surface area contributed by atoms with Crippen LogP contribution in [0.25, 0.3) is 0 Å². The van der Waals surface area contributed by atoms with Crippen LogP contribution in [0, 0.1) is 24.7 Å². The van der Waals surface area contributed by atoms with Gasteiger partial charge >= 0.3 is 0 Å². The molecule has 0 N–H and O–H groups in total. The Kier molecular flexibility index (Phi) is 1.59. The smallest absolute Gasteiger partial charge is 0.0386 e. The Labute approximate surface area is 52.3 Å². The first-order valence-electron chi connectivity index (χ1n) is 3.55. The molecule has 0 aromatic rings. The quantitative estimate of drug-likeness (QED) is 0.450. The zero-order chi connectivity index (χ0) is 6.15. The lowest BCUT2D eigenvalue weighted by Gasteiger charge is -2.11. The molecule has 1 rings (SSSR count). The summed E-state index contributed by atoms with van der Waals surface area (Å²) in [6, 6.07) is 0. The van der Waals surface area contributed by atoms with Crippen LogP contribution < -0.4 is 0 Å². The normalized spacial score (nSPS) is 47.6. The molecule has 1 aliphatic rings. The van der Waals surface area contributed by atoms with Gasteiger partial charge in [-0.25, -0.2) is 0 Å². The third-order valence-corrected chi connectivity index (χ3v) is 2.63. The minimum absolute atomic E-state index is 0.741. The van der Waals surface area contributed by atoms with Gasteiger partial charge in [0.05, 0.1) is 0 Å². The van der Waals surface area contributed by atoms with Crippen LogP contribution in [0.5, 0.6) is 0 Å². The molecule has 0 aliphatic heterocycles. The maximum absolute atomic E-state index is 4.07. The topological polar surface area (TPSA) is 0 Å². The maximum Gasteiger partial charge on any atom is -0.0386 e. The molecule has 0 nitrogen and oxygen atoms in total. The summed E-state index contributed by atoms with van der Waals surface area (Å²) in [5.74, 6) is 2.54. The van der Waals surface area contributed by atoms with Gasteiger partial charge in [-0.1, -0.05) is 20.3 Å². The van der Waals surface area contributed by atoms with Crippen molar-refractivity contribution in [2.75, 3.05) is 0 Å².